The van der Waals surface area contributed by atoms with Crippen LogP contribution in [0.15, 0.2) is 18.2 Å². The first kappa shape index (κ1) is 14.1. The molecule has 0 unspecified atom stereocenters. The molecule has 1 rings (SSSR count). The van der Waals surface area contributed by atoms with Gasteiger partial charge < -0.3 is 16.4 Å². The van der Waals surface area contributed by atoms with Gasteiger partial charge in [-0.3, -0.25) is 4.79 Å². The summed E-state index contributed by atoms with van der Waals surface area (Å²) >= 11 is 2.21. The number of rotatable bonds is 6. The second-order valence-corrected chi connectivity index (χ2v) is 5.19. The quantitative estimate of drug-likeness (QED) is 0.610. The van der Waals surface area contributed by atoms with Crippen LogP contribution in [0.4, 0.5) is 11.4 Å². The van der Waals surface area contributed by atoms with Crippen molar-refractivity contribution in [2.75, 3.05) is 23.7 Å². The van der Waals surface area contributed by atoms with E-state index in [9.17, 15) is 4.79 Å². The van der Waals surface area contributed by atoms with E-state index < -0.39 is 0 Å². The first-order valence-corrected chi connectivity index (χ1v) is 6.70. The van der Waals surface area contributed by atoms with Gasteiger partial charge in [0.05, 0.1) is 17.9 Å². The predicted octanol–water partition coefficient (Wildman–Crippen LogP) is 1.97. The Labute approximate surface area is 115 Å². The average molecular weight is 347 g/mol. The molecule has 94 valence electrons. The molecule has 4 nitrogen and oxygen atoms in total. The number of nitrogens with two attached hydrogens (primary N) is 2. The van der Waals surface area contributed by atoms with Crippen LogP contribution in [0, 0.1) is 3.57 Å². The molecule has 0 saturated carbocycles. The van der Waals surface area contributed by atoms with Gasteiger partial charge in [0.2, 0.25) is 5.91 Å². The van der Waals surface area contributed by atoms with E-state index in [2.05, 4.69) is 29.5 Å². The van der Waals surface area contributed by atoms with Gasteiger partial charge in [-0.25, -0.2) is 0 Å². The Kier molecular flexibility index (Phi) is 5.54. The van der Waals surface area contributed by atoms with E-state index in [-0.39, 0.29) is 12.5 Å². The lowest BCUT2D eigenvalue weighted by molar-refractivity contribution is -0.116. The van der Waals surface area contributed by atoms with E-state index in [1.165, 1.54) is 0 Å². The smallest absolute Gasteiger partial charge is 0.236 e. The highest BCUT2D eigenvalue weighted by atomic mass is 127. The van der Waals surface area contributed by atoms with Crippen LogP contribution >= 0.6 is 22.6 Å². The molecule has 0 fully saturated rings. The van der Waals surface area contributed by atoms with Gasteiger partial charge >= 0.3 is 0 Å². The summed E-state index contributed by atoms with van der Waals surface area (Å²) in [6.07, 6.45) is 2.08. The fraction of sp³-hybridized carbons (Fsp3) is 0.417. The summed E-state index contributed by atoms with van der Waals surface area (Å²) in [5.41, 5.74) is 12.8. The molecule has 1 aromatic carbocycles. The highest BCUT2D eigenvalue weighted by molar-refractivity contribution is 14.1. The van der Waals surface area contributed by atoms with Gasteiger partial charge in [0, 0.05) is 10.1 Å². The van der Waals surface area contributed by atoms with Crippen LogP contribution in [-0.2, 0) is 4.79 Å². The summed E-state index contributed by atoms with van der Waals surface area (Å²) < 4.78 is 1.08. The molecule has 1 amide bonds. The topological polar surface area (TPSA) is 72.3 Å². The second kappa shape index (κ2) is 6.68. The van der Waals surface area contributed by atoms with Crippen molar-refractivity contribution in [3.8, 4) is 0 Å². The van der Waals surface area contributed by atoms with E-state index in [1.54, 1.807) is 0 Å². The number of unbranched alkanes of at least 4 members (excludes halogenated alkanes) is 1. The van der Waals surface area contributed by atoms with Crippen LogP contribution in [0.2, 0.25) is 0 Å². The van der Waals surface area contributed by atoms with E-state index >= 15 is 0 Å². The molecule has 5 heteroatoms. The maximum atomic E-state index is 11.1. The molecule has 0 radical (unpaired) electrons. The molecule has 1 aromatic rings. The second-order valence-electron chi connectivity index (χ2n) is 3.94. The summed E-state index contributed by atoms with van der Waals surface area (Å²) in [5.74, 6) is -0.334. The van der Waals surface area contributed by atoms with Crippen LogP contribution in [0.25, 0.3) is 0 Å². The summed E-state index contributed by atoms with van der Waals surface area (Å²) in [6, 6.07) is 5.82. The van der Waals surface area contributed by atoms with Gasteiger partial charge in [-0.15, -0.1) is 0 Å². The SMILES string of the molecule is CCCCN(CC(N)=O)c1ccc(I)cc1N. The molecule has 0 bridgehead atoms. The lowest BCUT2D eigenvalue weighted by Gasteiger charge is -2.24. The monoisotopic (exact) mass is 347 g/mol. The number of benzene rings is 1. The molecule has 0 spiro atoms. The van der Waals surface area contributed by atoms with Crippen LogP contribution < -0.4 is 16.4 Å². The van der Waals surface area contributed by atoms with E-state index in [1.807, 2.05) is 23.1 Å². The van der Waals surface area contributed by atoms with Gasteiger partial charge in [-0.1, -0.05) is 13.3 Å². The molecule has 0 saturated heterocycles. The predicted molar refractivity (Wildman–Crippen MR) is 79.9 cm³/mol. The molecule has 0 aliphatic rings. The molecule has 0 atom stereocenters. The highest BCUT2D eigenvalue weighted by Gasteiger charge is 2.11. The van der Waals surface area contributed by atoms with Crippen molar-refractivity contribution in [1.82, 2.24) is 0 Å². The minimum absolute atomic E-state index is 0.213. The Morgan fingerprint density at radius 3 is 2.71 bits per heavy atom. The lowest BCUT2D eigenvalue weighted by Crippen LogP contribution is -2.35. The largest absolute Gasteiger partial charge is 0.397 e. The molecule has 0 aromatic heterocycles. The first-order chi connectivity index (χ1) is 8.04. The number of carbonyl (C=O) groups is 1. The van der Waals surface area contributed by atoms with E-state index in [0.29, 0.717) is 5.69 Å². The molecule has 0 aliphatic heterocycles. The standard InChI is InChI=1S/C12H18IN3O/c1-2-3-6-16(8-12(15)17)11-5-4-9(13)7-10(11)14/h4-5,7H,2-3,6,8,14H2,1H3,(H2,15,17). The van der Waals surface area contributed by atoms with Crippen molar-refractivity contribution in [3.63, 3.8) is 0 Å². The summed E-state index contributed by atoms with van der Waals surface area (Å²) in [6.45, 7) is 3.12. The van der Waals surface area contributed by atoms with E-state index in [4.69, 9.17) is 11.5 Å². The Morgan fingerprint density at radius 1 is 1.47 bits per heavy atom. The number of anilines is 2. The van der Waals surface area contributed by atoms with Crippen molar-refractivity contribution in [2.24, 2.45) is 5.73 Å². The third-order valence-electron chi connectivity index (χ3n) is 2.46. The summed E-state index contributed by atoms with van der Waals surface area (Å²) in [5, 5.41) is 0. The number of halogens is 1. The summed E-state index contributed by atoms with van der Waals surface area (Å²) in [4.78, 5) is 13.0. The van der Waals surface area contributed by atoms with Gasteiger partial charge in [0.1, 0.15) is 0 Å². The molecular weight excluding hydrogens is 329 g/mol. The van der Waals surface area contributed by atoms with Crippen LogP contribution in [-0.4, -0.2) is 19.0 Å². The zero-order valence-electron chi connectivity index (χ0n) is 9.95. The average Bonchev–Trinajstić information content (AvgIpc) is 2.24. The fourth-order valence-corrected chi connectivity index (χ4v) is 2.15. The Balaban J connectivity index is 2.90. The van der Waals surface area contributed by atoms with Crippen molar-refractivity contribution in [3.05, 3.63) is 21.8 Å². The zero-order valence-corrected chi connectivity index (χ0v) is 12.1. The summed E-state index contributed by atoms with van der Waals surface area (Å²) in [7, 11) is 0. The van der Waals surface area contributed by atoms with Crippen molar-refractivity contribution in [1.29, 1.82) is 0 Å². The third-order valence-corrected chi connectivity index (χ3v) is 3.13. The highest BCUT2D eigenvalue weighted by Crippen LogP contribution is 2.25. The maximum Gasteiger partial charge on any atom is 0.236 e. The van der Waals surface area contributed by atoms with E-state index in [0.717, 1.165) is 28.6 Å². The number of nitrogens with zero attached hydrogens (tertiary/aromatic N) is 1. The Bertz CT molecular complexity index is 395. The number of nitrogen functional groups attached to an aromatic ring is 1. The van der Waals surface area contributed by atoms with Crippen molar-refractivity contribution < 1.29 is 4.79 Å². The zero-order chi connectivity index (χ0) is 12.8. The minimum Gasteiger partial charge on any atom is -0.397 e. The van der Waals surface area contributed by atoms with Crippen LogP contribution in [0.1, 0.15) is 19.8 Å². The number of hydrogen-bond acceptors (Lipinski definition) is 3. The Hall–Kier alpha value is -0.980. The van der Waals surface area contributed by atoms with Crippen molar-refractivity contribution >= 4 is 39.9 Å². The van der Waals surface area contributed by atoms with Gasteiger partial charge in [0.15, 0.2) is 0 Å². The van der Waals surface area contributed by atoms with Crippen LogP contribution in [0.5, 0.6) is 0 Å². The van der Waals surface area contributed by atoms with Gasteiger partial charge in [-0.2, -0.15) is 0 Å². The lowest BCUT2D eigenvalue weighted by atomic mass is 10.2. The number of amides is 1. The molecule has 4 N–H and O–H groups in total. The number of hydrogen-bond donors (Lipinski definition) is 2. The molecular formula is C12H18IN3O. The molecule has 17 heavy (non-hydrogen) atoms. The molecule has 0 heterocycles. The first-order valence-electron chi connectivity index (χ1n) is 5.63. The minimum atomic E-state index is -0.334. The Morgan fingerprint density at radius 2 is 2.18 bits per heavy atom. The normalized spacial score (nSPS) is 10.2. The van der Waals surface area contributed by atoms with Crippen molar-refractivity contribution in [2.45, 2.75) is 19.8 Å². The molecule has 0 aliphatic carbocycles. The van der Waals surface area contributed by atoms with Gasteiger partial charge in [0.25, 0.3) is 0 Å². The van der Waals surface area contributed by atoms with Crippen LogP contribution in [0.3, 0.4) is 0 Å². The number of carbonyl (C=O) groups excluding carboxylic acids is 1. The van der Waals surface area contributed by atoms with Gasteiger partial charge in [-0.05, 0) is 47.2 Å². The number of primary amides is 1. The third kappa shape index (κ3) is 4.41. The fourth-order valence-electron chi connectivity index (χ4n) is 1.64. The maximum absolute atomic E-state index is 11.1.